The maximum absolute atomic E-state index is 12.6. The van der Waals surface area contributed by atoms with Crippen LogP contribution in [-0.2, 0) is 10.9 Å². The number of nitrogen functional groups attached to an aromatic ring is 1. The molecule has 2 N–H and O–H groups in total. The Morgan fingerprint density at radius 2 is 1.74 bits per heavy atom. The summed E-state index contributed by atoms with van der Waals surface area (Å²) in [6.07, 6.45) is -4.48. The second kappa shape index (κ2) is 5.69. The number of nitrogens with two attached hydrogens (primary N) is 1. The van der Waals surface area contributed by atoms with Gasteiger partial charge in [0.15, 0.2) is 0 Å². The summed E-state index contributed by atoms with van der Waals surface area (Å²) in [6, 6.07) is 3.48. The highest BCUT2D eigenvalue weighted by Crippen LogP contribution is 2.35. The molecule has 0 aliphatic carbocycles. The van der Waals surface area contributed by atoms with E-state index in [1.165, 1.54) is 12.1 Å². The van der Waals surface area contributed by atoms with Crippen molar-refractivity contribution in [3.05, 3.63) is 23.8 Å². The summed E-state index contributed by atoms with van der Waals surface area (Å²) in [5, 5.41) is 0. The Morgan fingerprint density at radius 1 is 1.11 bits per heavy atom. The maximum Gasteiger partial charge on any atom is 0.418 e. The Balaban J connectivity index is 2.61. The van der Waals surface area contributed by atoms with Gasteiger partial charge in [-0.05, 0) is 39.0 Å². The van der Waals surface area contributed by atoms with Crippen LogP contribution in [0.15, 0.2) is 18.2 Å². The van der Waals surface area contributed by atoms with Gasteiger partial charge in [-0.3, -0.25) is 0 Å². The number of ether oxygens (including phenoxy) is 2. The zero-order chi connectivity index (χ0) is 14.7. The minimum absolute atomic E-state index is 0.124. The number of benzene rings is 1. The second-order valence-corrected chi connectivity index (χ2v) is 5.06. The van der Waals surface area contributed by atoms with Crippen molar-refractivity contribution in [2.75, 3.05) is 18.9 Å². The number of hydrogen-bond acceptors (Lipinski definition) is 3. The fraction of sp³-hybridized carbons (Fsp3) is 0.538. The van der Waals surface area contributed by atoms with Crippen LogP contribution in [0.3, 0.4) is 0 Å². The van der Waals surface area contributed by atoms with Gasteiger partial charge in [-0.2, -0.15) is 13.2 Å². The molecule has 19 heavy (non-hydrogen) atoms. The third-order valence-corrected chi connectivity index (χ3v) is 2.22. The molecule has 1 aromatic carbocycles. The van der Waals surface area contributed by atoms with Gasteiger partial charge in [0.2, 0.25) is 0 Å². The minimum atomic E-state index is -4.48. The first-order valence-electron chi connectivity index (χ1n) is 5.83. The molecule has 0 fully saturated rings. The average Bonchev–Trinajstić information content (AvgIpc) is 2.23. The number of halogens is 3. The van der Waals surface area contributed by atoms with Crippen LogP contribution in [0, 0.1) is 0 Å². The normalized spacial score (nSPS) is 12.5. The molecule has 0 aliphatic heterocycles. The summed E-state index contributed by atoms with van der Waals surface area (Å²) in [4.78, 5) is 0. The Kier molecular flexibility index (Phi) is 4.68. The lowest BCUT2D eigenvalue weighted by molar-refractivity contribution is -0.137. The van der Waals surface area contributed by atoms with Crippen LogP contribution in [-0.4, -0.2) is 18.8 Å². The van der Waals surface area contributed by atoms with Crippen LogP contribution >= 0.6 is 0 Å². The van der Waals surface area contributed by atoms with Gasteiger partial charge in [0.1, 0.15) is 12.4 Å². The highest BCUT2D eigenvalue weighted by molar-refractivity contribution is 5.51. The lowest BCUT2D eigenvalue weighted by Gasteiger charge is -2.19. The highest BCUT2D eigenvalue weighted by atomic mass is 19.4. The van der Waals surface area contributed by atoms with Gasteiger partial charge in [0, 0.05) is 5.69 Å². The predicted octanol–water partition coefficient (Wildman–Crippen LogP) is 3.48. The number of hydrogen-bond donors (Lipinski definition) is 1. The molecule has 108 valence electrons. The van der Waals surface area contributed by atoms with E-state index in [0.717, 1.165) is 6.07 Å². The highest BCUT2D eigenvalue weighted by Gasteiger charge is 2.33. The molecule has 0 amide bonds. The molecular weight excluding hydrogens is 259 g/mol. The van der Waals surface area contributed by atoms with Gasteiger partial charge in [0.05, 0.1) is 17.8 Å². The summed E-state index contributed by atoms with van der Waals surface area (Å²) in [7, 11) is 0. The SMILES string of the molecule is CC(C)(C)OCCOc1ccc(N)c(C(F)(F)F)c1. The lowest BCUT2D eigenvalue weighted by Crippen LogP contribution is -2.22. The Morgan fingerprint density at radius 3 is 2.26 bits per heavy atom. The summed E-state index contributed by atoms with van der Waals surface area (Å²) in [5.41, 5.74) is 3.78. The van der Waals surface area contributed by atoms with Gasteiger partial charge in [-0.15, -0.1) is 0 Å². The molecular formula is C13H18F3NO2. The molecule has 1 rings (SSSR count). The average molecular weight is 277 g/mol. The molecule has 3 nitrogen and oxygen atoms in total. The van der Waals surface area contributed by atoms with Gasteiger partial charge in [0.25, 0.3) is 0 Å². The first kappa shape index (κ1) is 15.6. The summed E-state index contributed by atoms with van der Waals surface area (Å²) >= 11 is 0. The first-order valence-corrected chi connectivity index (χ1v) is 5.83. The van der Waals surface area contributed by atoms with E-state index in [2.05, 4.69) is 0 Å². The maximum atomic E-state index is 12.6. The Labute approximate surface area is 110 Å². The Bertz CT molecular complexity index is 425. The molecule has 0 heterocycles. The zero-order valence-corrected chi connectivity index (χ0v) is 11.2. The van der Waals surface area contributed by atoms with E-state index in [-0.39, 0.29) is 23.6 Å². The van der Waals surface area contributed by atoms with Crippen molar-refractivity contribution in [2.24, 2.45) is 0 Å². The van der Waals surface area contributed by atoms with Crippen LogP contribution in [0.25, 0.3) is 0 Å². The molecule has 0 saturated carbocycles. The largest absolute Gasteiger partial charge is 0.491 e. The molecule has 0 bridgehead atoms. The van der Waals surface area contributed by atoms with Gasteiger partial charge >= 0.3 is 6.18 Å². The van der Waals surface area contributed by atoms with E-state index in [0.29, 0.717) is 6.61 Å². The van der Waals surface area contributed by atoms with Gasteiger partial charge in [-0.25, -0.2) is 0 Å². The van der Waals surface area contributed by atoms with Crippen molar-refractivity contribution in [1.29, 1.82) is 0 Å². The molecule has 0 aromatic heterocycles. The quantitative estimate of drug-likeness (QED) is 0.677. The first-order chi connectivity index (χ1) is 8.59. The third kappa shape index (κ3) is 5.38. The summed E-state index contributed by atoms with van der Waals surface area (Å²) in [5.74, 6) is 0.124. The molecule has 0 unspecified atom stereocenters. The second-order valence-electron chi connectivity index (χ2n) is 5.06. The molecule has 6 heteroatoms. The number of alkyl halides is 3. The van der Waals surface area contributed by atoms with Gasteiger partial charge in [-0.1, -0.05) is 0 Å². The standard InChI is InChI=1S/C13H18F3NO2/c1-12(2,3)19-7-6-18-9-4-5-11(17)10(8-9)13(14,15)16/h4-5,8H,6-7,17H2,1-3H3. The fourth-order valence-electron chi connectivity index (χ4n) is 1.38. The van der Waals surface area contributed by atoms with Crippen LogP contribution in [0.4, 0.5) is 18.9 Å². The van der Waals surface area contributed by atoms with Crippen LogP contribution in [0.5, 0.6) is 5.75 Å². The summed E-state index contributed by atoms with van der Waals surface area (Å²) < 4.78 is 48.5. The molecule has 0 aliphatic rings. The van der Waals surface area contributed by atoms with Crippen molar-refractivity contribution >= 4 is 5.69 Å². The van der Waals surface area contributed by atoms with E-state index < -0.39 is 11.7 Å². The Hall–Kier alpha value is -1.43. The summed E-state index contributed by atoms with van der Waals surface area (Å²) in [6.45, 7) is 6.14. The van der Waals surface area contributed by atoms with Crippen molar-refractivity contribution in [1.82, 2.24) is 0 Å². The van der Waals surface area contributed by atoms with Crippen LogP contribution in [0.2, 0.25) is 0 Å². The smallest absolute Gasteiger partial charge is 0.418 e. The minimum Gasteiger partial charge on any atom is -0.491 e. The van der Waals surface area contributed by atoms with Crippen molar-refractivity contribution in [3.63, 3.8) is 0 Å². The zero-order valence-electron chi connectivity index (χ0n) is 11.2. The van der Waals surface area contributed by atoms with Crippen LogP contribution in [0.1, 0.15) is 26.3 Å². The van der Waals surface area contributed by atoms with E-state index in [9.17, 15) is 13.2 Å². The molecule has 1 aromatic rings. The predicted molar refractivity (Wildman–Crippen MR) is 67.1 cm³/mol. The van der Waals surface area contributed by atoms with Crippen molar-refractivity contribution < 1.29 is 22.6 Å². The molecule has 0 saturated heterocycles. The topological polar surface area (TPSA) is 44.5 Å². The monoisotopic (exact) mass is 277 g/mol. The fourth-order valence-corrected chi connectivity index (χ4v) is 1.38. The van der Waals surface area contributed by atoms with Crippen LogP contribution < -0.4 is 10.5 Å². The number of anilines is 1. The molecule has 0 atom stereocenters. The van der Waals surface area contributed by atoms with E-state index >= 15 is 0 Å². The molecule has 0 spiro atoms. The third-order valence-electron chi connectivity index (χ3n) is 2.22. The van der Waals surface area contributed by atoms with Gasteiger partial charge < -0.3 is 15.2 Å². The van der Waals surface area contributed by atoms with E-state index in [1.807, 2.05) is 20.8 Å². The van der Waals surface area contributed by atoms with Crippen molar-refractivity contribution in [2.45, 2.75) is 32.5 Å². The van der Waals surface area contributed by atoms with E-state index in [1.54, 1.807) is 0 Å². The van der Waals surface area contributed by atoms with E-state index in [4.69, 9.17) is 15.2 Å². The number of rotatable bonds is 4. The molecule has 0 radical (unpaired) electrons. The van der Waals surface area contributed by atoms with Crippen molar-refractivity contribution in [3.8, 4) is 5.75 Å². The lowest BCUT2D eigenvalue weighted by atomic mass is 10.1.